The summed E-state index contributed by atoms with van der Waals surface area (Å²) in [5.74, 6) is -1.00. The fourth-order valence-corrected chi connectivity index (χ4v) is 1.92. The molecule has 0 bridgehead atoms. The number of methoxy groups -OCH3 is 1. The first-order chi connectivity index (χ1) is 8.36. The summed E-state index contributed by atoms with van der Waals surface area (Å²) >= 11 is 0. The van der Waals surface area contributed by atoms with Gasteiger partial charge in [-0.3, -0.25) is 4.79 Å². The van der Waals surface area contributed by atoms with Gasteiger partial charge in [0.2, 0.25) is 0 Å². The third-order valence-electron chi connectivity index (χ3n) is 2.64. The van der Waals surface area contributed by atoms with Crippen LogP contribution in [0.5, 0.6) is 0 Å². The zero-order valence-corrected chi connectivity index (χ0v) is 13.3. The van der Waals surface area contributed by atoms with Crippen molar-refractivity contribution < 1.29 is 52.0 Å². The van der Waals surface area contributed by atoms with Gasteiger partial charge in [-0.05, 0) is 31.9 Å². The van der Waals surface area contributed by atoms with E-state index in [2.05, 4.69) is 10.1 Å². The number of esters is 1. The number of carbonyl (C=O) groups is 2. The van der Waals surface area contributed by atoms with Crippen LogP contribution in [0, 0.1) is 26.8 Å². The second-order valence-electron chi connectivity index (χ2n) is 4.27. The minimum absolute atomic E-state index is 0. The van der Waals surface area contributed by atoms with E-state index < -0.39 is 11.9 Å². The molecular formula is C14H17Li2NO3. The molecular weight excluding hydrogens is 244 g/mol. The smallest absolute Gasteiger partial charge is 0.788 e. The zero-order valence-electron chi connectivity index (χ0n) is 13.3. The Labute approximate surface area is 144 Å². The molecule has 0 aliphatic rings. The van der Waals surface area contributed by atoms with Crippen molar-refractivity contribution in [1.82, 2.24) is 0 Å². The summed E-state index contributed by atoms with van der Waals surface area (Å²) in [6, 6.07) is 3.90. The number of hydrogen-bond donors (Lipinski definition) is 0. The molecule has 0 spiro atoms. The molecule has 6 heteroatoms. The first kappa shape index (κ1) is 21.5. The molecule has 98 valence electrons. The Morgan fingerprint density at radius 3 is 1.95 bits per heavy atom. The second kappa shape index (κ2) is 9.21. The van der Waals surface area contributed by atoms with Crippen molar-refractivity contribution in [3.63, 3.8) is 0 Å². The molecule has 0 atom stereocenters. The summed E-state index contributed by atoms with van der Waals surface area (Å²) in [5, 5.41) is 3.77. The SMILES string of the molecule is COC(=O)[C-](C)[N-]C(=O)c1c(C)cc(C)cc1C.[Li+].[Li+]. The molecule has 0 aliphatic heterocycles. The first-order valence-corrected chi connectivity index (χ1v) is 5.62. The number of carbonyl (C=O) groups excluding carboxylic acids is 2. The molecule has 0 fully saturated rings. The van der Waals surface area contributed by atoms with Crippen molar-refractivity contribution in [2.75, 3.05) is 7.11 Å². The van der Waals surface area contributed by atoms with Crippen LogP contribution in [0.2, 0.25) is 0 Å². The molecule has 0 radical (unpaired) electrons. The number of benzene rings is 1. The van der Waals surface area contributed by atoms with Gasteiger partial charge in [0.1, 0.15) is 5.97 Å². The summed E-state index contributed by atoms with van der Waals surface area (Å²) in [6.45, 7) is 7.15. The van der Waals surface area contributed by atoms with Gasteiger partial charge in [-0.15, -0.1) is 0 Å². The van der Waals surface area contributed by atoms with Crippen LogP contribution in [0.15, 0.2) is 12.1 Å². The largest absolute Gasteiger partial charge is 1.00 e. The van der Waals surface area contributed by atoms with Gasteiger partial charge in [-0.25, -0.2) is 0 Å². The van der Waals surface area contributed by atoms with E-state index in [4.69, 9.17) is 0 Å². The van der Waals surface area contributed by atoms with Gasteiger partial charge in [0.15, 0.2) is 0 Å². The molecule has 0 aromatic heterocycles. The van der Waals surface area contributed by atoms with Crippen molar-refractivity contribution in [2.24, 2.45) is 0 Å². The Morgan fingerprint density at radius 2 is 1.55 bits per heavy atom. The van der Waals surface area contributed by atoms with Crippen LogP contribution in [0.3, 0.4) is 0 Å². The van der Waals surface area contributed by atoms with Crippen molar-refractivity contribution in [1.29, 1.82) is 0 Å². The van der Waals surface area contributed by atoms with E-state index >= 15 is 0 Å². The third kappa shape index (κ3) is 5.31. The molecule has 0 N–H and O–H groups in total. The monoisotopic (exact) mass is 261 g/mol. The molecule has 1 amide bonds. The van der Waals surface area contributed by atoms with E-state index in [1.54, 1.807) is 0 Å². The molecule has 1 rings (SSSR count). The van der Waals surface area contributed by atoms with E-state index in [-0.39, 0.29) is 43.8 Å². The Morgan fingerprint density at radius 1 is 1.10 bits per heavy atom. The van der Waals surface area contributed by atoms with E-state index in [0.29, 0.717) is 5.56 Å². The fraction of sp³-hybridized carbons (Fsp3) is 0.357. The van der Waals surface area contributed by atoms with Crippen LogP contribution < -0.4 is 37.7 Å². The minimum atomic E-state index is -0.592. The minimum Gasteiger partial charge on any atom is -0.788 e. The van der Waals surface area contributed by atoms with Crippen LogP contribution in [0.25, 0.3) is 5.32 Å². The second-order valence-corrected chi connectivity index (χ2v) is 4.27. The predicted molar refractivity (Wildman–Crippen MR) is 69.3 cm³/mol. The van der Waals surface area contributed by atoms with Crippen molar-refractivity contribution in [3.05, 3.63) is 45.7 Å². The maximum absolute atomic E-state index is 12.0. The standard InChI is InChI=1S/C14H17NO3.2Li/c1-8-6-9(2)12(10(3)7-8)13(16)15-11(4)14(17)18-5;;/h6-7H,1-5H3;;/q-2;2*+1. The maximum Gasteiger partial charge on any atom is 1.00 e. The zero-order chi connectivity index (χ0) is 13.9. The van der Waals surface area contributed by atoms with Gasteiger partial charge in [-0.1, -0.05) is 17.7 Å². The van der Waals surface area contributed by atoms with Gasteiger partial charge in [-0.2, -0.15) is 6.92 Å². The van der Waals surface area contributed by atoms with Crippen LogP contribution in [0.1, 0.15) is 34.0 Å². The fourth-order valence-electron chi connectivity index (χ4n) is 1.92. The van der Waals surface area contributed by atoms with E-state index in [1.807, 2.05) is 32.9 Å². The van der Waals surface area contributed by atoms with Crippen LogP contribution >= 0.6 is 0 Å². The van der Waals surface area contributed by atoms with Crippen LogP contribution in [0.4, 0.5) is 0 Å². The Hall–Kier alpha value is -0.775. The van der Waals surface area contributed by atoms with Crippen molar-refractivity contribution >= 4 is 11.9 Å². The Balaban J connectivity index is 0. The predicted octanol–water partition coefficient (Wildman–Crippen LogP) is -3.14. The normalized spacial score (nSPS) is 8.85. The first-order valence-electron chi connectivity index (χ1n) is 5.62. The number of ether oxygens (including phenoxy) is 1. The molecule has 1 aromatic carbocycles. The number of hydrogen-bond acceptors (Lipinski definition) is 3. The van der Waals surface area contributed by atoms with Gasteiger partial charge in [0, 0.05) is 5.56 Å². The summed E-state index contributed by atoms with van der Waals surface area (Å²) in [5.41, 5.74) is 3.36. The van der Waals surface area contributed by atoms with Gasteiger partial charge in [0.05, 0.1) is 13.0 Å². The summed E-state index contributed by atoms with van der Waals surface area (Å²) in [4.78, 5) is 23.2. The van der Waals surface area contributed by atoms with E-state index in [0.717, 1.165) is 16.7 Å². The Bertz CT molecular complexity index is 466. The molecule has 20 heavy (non-hydrogen) atoms. The van der Waals surface area contributed by atoms with Crippen molar-refractivity contribution in [3.8, 4) is 0 Å². The molecule has 0 unspecified atom stereocenters. The summed E-state index contributed by atoms with van der Waals surface area (Å²) in [7, 11) is 1.26. The van der Waals surface area contributed by atoms with Gasteiger partial charge >= 0.3 is 37.7 Å². The Kier molecular flexibility index (Phi) is 9.92. The molecule has 0 saturated carbocycles. The maximum atomic E-state index is 12.0. The van der Waals surface area contributed by atoms with E-state index in [9.17, 15) is 9.59 Å². The van der Waals surface area contributed by atoms with Crippen molar-refractivity contribution in [2.45, 2.75) is 27.7 Å². The number of aryl methyl sites for hydroxylation is 3. The van der Waals surface area contributed by atoms with Crippen LogP contribution in [-0.4, -0.2) is 19.0 Å². The molecule has 0 heterocycles. The number of amides is 1. The van der Waals surface area contributed by atoms with Crippen LogP contribution in [-0.2, 0) is 9.53 Å². The average molecular weight is 261 g/mol. The molecule has 1 aromatic rings. The number of nitrogens with zero attached hydrogens (tertiary/aromatic N) is 1. The van der Waals surface area contributed by atoms with E-state index in [1.165, 1.54) is 14.0 Å². The topological polar surface area (TPSA) is 57.5 Å². The summed E-state index contributed by atoms with van der Waals surface area (Å²) < 4.78 is 4.51. The molecule has 0 saturated heterocycles. The third-order valence-corrected chi connectivity index (χ3v) is 2.64. The van der Waals surface area contributed by atoms with Gasteiger partial charge in [0.25, 0.3) is 0 Å². The quantitative estimate of drug-likeness (QED) is 0.328. The summed E-state index contributed by atoms with van der Waals surface area (Å²) in [6.07, 6.45) is 0. The molecule has 0 aliphatic carbocycles. The van der Waals surface area contributed by atoms with Gasteiger partial charge < -0.3 is 20.9 Å². The number of rotatable bonds is 3. The molecule has 4 nitrogen and oxygen atoms in total. The average Bonchev–Trinajstić information content (AvgIpc) is 2.26.